The number of aromatic nitrogens is 2. The first-order valence-corrected chi connectivity index (χ1v) is 10.7. The summed E-state index contributed by atoms with van der Waals surface area (Å²) in [6.45, 7) is 1.93. The third kappa shape index (κ3) is 3.44. The minimum Gasteiger partial charge on any atom is -0.340 e. The molecule has 1 unspecified atom stereocenters. The monoisotopic (exact) mass is 420 g/mol. The molecule has 1 aromatic carbocycles. The maximum atomic E-state index is 13.2. The van der Waals surface area contributed by atoms with Gasteiger partial charge in [0.2, 0.25) is 5.91 Å². The maximum Gasteiger partial charge on any atom is 0.271 e. The van der Waals surface area contributed by atoms with E-state index in [1.54, 1.807) is 28.9 Å². The van der Waals surface area contributed by atoms with Crippen LogP contribution in [0.3, 0.4) is 0 Å². The molecule has 2 amide bonds. The highest BCUT2D eigenvalue weighted by molar-refractivity contribution is 7.99. The zero-order chi connectivity index (χ0) is 19.1. The number of thioether (sulfide) groups is 1. The molecule has 1 fully saturated rings. The van der Waals surface area contributed by atoms with E-state index in [2.05, 4.69) is 10.3 Å². The van der Waals surface area contributed by atoms with E-state index in [1.807, 2.05) is 36.7 Å². The molecule has 0 spiro atoms. The van der Waals surface area contributed by atoms with Crippen LogP contribution in [0.2, 0.25) is 5.02 Å². The number of hydrogen-bond donors (Lipinski definition) is 1. The number of thiazole rings is 1. The minimum absolute atomic E-state index is 0.162. The van der Waals surface area contributed by atoms with Gasteiger partial charge in [-0.05, 0) is 31.2 Å². The summed E-state index contributed by atoms with van der Waals surface area (Å²) >= 11 is 9.05. The molecule has 6 nitrogen and oxygen atoms in total. The van der Waals surface area contributed by atoms with E-state index in [1.165, 1.54) is 11.3 Å². The van der Waals surface area contributed by atoms with Gasteiger partial charge < -0.3 is 14.8 Å². The molecule has 140 valence electrons. The number of amides is 2. The van der Waals surface area contributed by atoms with Gasteiger partial charge in [0.25, 0.3) is 5.91 Å². The number of fused-ring (bicyclic) bond motifs is 1. The highest BCUT2D eigenvalue weighted by Gasteiger charge is 2.36. The second-order valence-corrected chi connectivity index (χ2v) is 9.02. The lowest BCUT2D eigenvalue weighted by Gasteiger charge is -2.22. The molecule has 3 heterocycles. The number of hydrogen-bond acceptors (Lipinski definition) is 5. The van der Waals surface area contributed by atoms with Crippen LogP contribution in [0.1, 0.15) is 15.4 Å². The molecule has 27 heavy (non-hydrogen) atoms. The Morgan fingerprint density at radius 3 is 2.89 bits per heavy atom. The number of carbonyl (C=O) groups is 2. The summed E-state index contributed by atoms with van der Waals surface area (Å²) in [4.78, 5) is 32.7. The van der Waals surface area contributed by atoms with Crippen LogP contribution in [0.4, 0.5) is 5.13 Å². The average Bonchev–Trinajstić information content (AvgIpc) is 3.34. The Hall–Kier alpha value is -2.03. The third-order valence-electron chi connectivity index (χ3n) is 4.52. The summed E-state index contributed by atoms with van der Waals surface area (Å²) in [6.07, 6.45) is 1.72. The standard InChI is InChI=1S/C18H17ClN4O2S2/c1-10-7-20-18(27-10)21-16(24)15-8-26-9-23(15)17(25)14-6-11-5-12(19)3-4-13(11)22(14)2/h3-7,15H,8-9H2,1-2H3,(H,20,21,24). The van der Waals surface area contributed by atoms with Gasteiger partial charge in [-0.3, -0.25) is 9.59 Å². The highest BCUT2D eigenvalue weighted by Crippen LogP contribution is 2.28. The maximum absolute atomic E-state index is 13.2. The molecule has 1 saturated heterocycles. The summed E-state index contributed by atoms with van der Waals surface area (Å²) in [6, 6.07) is 6.83. The predicted molar refractivity (Wildman–Crippen MR) is 111 cm³/mol. The van der Waals surface area contributed by atoms with Crippen LogP contribution >= 0.6 is 34.7 Å². The van der Waals surface area contributed by atoms with Crippen molar-refractivity contribution in [2.24, 2.45) is 7.05 Å². The lowest BCUT2D eigenvalue weighted by Crippen LogP contribution is -2.45. The minimum atomic E-state index is -0.520. The number of halogens is 1. The lowest BCUT2D eigenvalue weighted by molar-refractivity contribution is -0.119. The first-order valence-electron chi connectivity index (χ1n) is 8.31. The van der Waals surface area contributed by atoms with Gasteiger partial charge >= 0.3 is 0 Å². The van der Waals surface area contributed by atoms with Gasteiger partial charge in [0.1, 0.15) is 11.7 Å². The van der Waals surface area contributed by atoms with Crippen molar-refractivity contribution >= 4 is 62.5 Å². The van der Waals surface area contributed by atoms with Crippen molar-refractivity contribution in [3.63, 3.8) is 0 Å². The smallest absolute Gasteiger partial charge is 0.271 e. The normalized spacial score (nSPS) is 16.9. The molecule has 2 aromatic heterocycles. The summed E-state index contributed by atoms with van der Waals surface area (Å²) in [5.41, 5.74) is 1.46. The topological polar surface area (TPSA) is 67.2 Å². The van der Waals surface area contributed by atoms with Gasteiger partial charge in [0.05, 0.1) is 5.88 Å². The first kappa shape index (κ1) is 18.3. The van der Waals surface area contributed by atoms with Gasteiger partial charge in [-0.1, -0.05) is 11.6 Å². The van der Waals surface area contributed by atoms with Gasteiger partial charge in [-0.25, -0.2) is 4.98 Å². The molecule has 3 aromatic rings. The van der Waals surface area contributed by atoms with Gasteiger partial charge in [-0.15, -0.1) is 23.1 Å². The van der Waals surface area contributed by atoms with Crippen LogP contribution in [0.25, 0.3) is 10.9 Å². The Morgan fingerprint density at radius 1 is 1.33 bits per heavy atom. The number of aryl methyl sites for hydroxylation is 2. The van der Waals surface area contributed by atoms with Crippen LogP contribution in [0, 0.1) is 6.92 Å². The summed E-state index contributed by atoms with van der Waals surface area (Å²) < 4.78 is 1.84. The van der Waals surface area contributed by atoms with Gasteiger partial charge in [0, 0.05) is 39.8 Å². The average molecular weight is 421 g/mol. The van der Waals surface area contributed by atoms with E-state index in [9.17, 15) is 9.59 Å². The second-order valence-electron chi connectivity index (χ2n) is 6.35. The number of anilines is 1. The molecule has 9 heteroatoms. The highest BCUT2D eigenvalue weighted by atomic mass is 35.5. The SMILES string of the molecule is Cc1cnc(NC(=O)C2CSCN2C(=O)c2cc3cc(Cl)ccc3n2C)s1. The van der Waals surface area contributed by atoms with Crippen molar-refractivity contribution in [2.75, 3.05) is 16.9 Å². The Kier molecular flexibility index (Phi) is 4.88. The van der Waals surface area contributed by atoms with Crippen molar-refractivity contribution < 1.29 is 9.59 Å². The molecule has 1 aliphatic heterocycles. The fourth-order valence-electron chi connectivity index (χ4n) is 3.13. The Morgan fingerprint density at radius 2 is 2.15 bits per heavy atom. The molecule has 0 radical (unpaired) electrons. The van der Waals surface area contributed by atoms with Crippen molar-refractivity contribution in [3.8, 4) is 0 Å². The second kappa shape index (κ2) is 7.18. The molecule has 0 bridgehead atoms. The Labute approximate surface area is 169 Å². The predicted octanol–water partition coefficient (Wildman–Crippen LogP) is 3.75. The fourth-order valence-corrected chi connectivity index (χ4v) is 5.14. The van der Waals surface area contributed by atoms with E-state index >= 15 is 0 Å². The Balaban J connectivity index is 1.59. The number of rotatable bonds is 3. The van der Waals surface area contributed by atoms with Gasteiger partial charge in [0.15, 0.2) is 5.13 Å². The fraction of sp³-hybridized carbons (Fsp3) is 0.278. The van der Waals surface area contributed by atoms with Crippen LogP contribution in [0.5, 0.6) is 0 Å². The summed E-state index contributed by atoms with van der Waals surface area (Å²) in [5.74, 6) is 0.683. The number of nitrogens with zero attached hydrogens (tertiary/aromatic N) is 3. The zero-order valence-corrected chi connectivity index (χ0v) is 17.1. The van der Waals surface area contributed by atoms with Crippen LogP contribution in [0.15, 0.2) is 30.5 Å². The van der Waals surface area contributed by atoms with Crippen LogP contribution in [-0.2, 0) is 11.8 Å². The number of benzene rings is 1. The van der Waals surface area contributed by atoms with Crippen molar-refractivity contribution in [3.05, 3.63) is 46.1 Å². The van der Waals surface area contributed by atoms with Gasteiger partial charge in [-0.2, -0.15) is 0 Å². The molecular weight excluding hydrogens is 404 g/mol. The van der Waals surface area contributed by atoms with Crippen LogP contribution < -0.4 is 5.32 Å². The van der Waals surface area contributed by atoms with E-state index in [4.69, 9.17) is 11.6 Å². The van der Waals surface area contributed by atoms with E-state index in [0.717, 1.165) is 15.8 Å². The van der Waals surface area contributed by atoms with Crippen molar-refractivity contribution in [2.45, 2.75) is 13.0 Å². The third-order valence-corrected chi connectivity index (χ3v) is 6.60. The molecule has 0 aliphatic carbocycles. The van der Waals surface area contributed by atoms with Crippen molar-refractivity contribution in [1.29, 1.82) is 0 Å². The molecular formula is C18H17ClN4O2S2. The molecule has 0 saturated carbocycles. The number of nitrogens with one attached hydrogen (secondary N) is 1. The molecule has 1 atom stereocenters. The quantitative estimate of drug-likeness (QED) is 0.700. The lowest BCUT2D eigenvalue weighted by atomic mass is 10.2. The van der Waals surface area contributed by atoms with Crippen LogP contribution in [-0.4, -0.2) is 43.9 Å². The summed E-state index contributed by atoms with van der Waals surface area (Å²) in [5, 5.41) is 4.91. The van der Waals surface area contributed by atoms with Crippen molar-refractivity contribution in [1.82, 2.24) is 14.5 Å². The Bertz CT molecular complexity index is 1050. The first-order chi connectivity index (χ1) is 12.9. The van der Waals surface area contributed by atoms with E-state index in [-0.39, 0.29) is 11.8 Å². The van der Waals surface area contributed by atoms with E-state index in [0.29, 0.717) is 27.5 Å². The molecule has 4 rings (SSSR count). The largest absolute Gasteiger partial charge is 0.340 e. The summed E-state index contributed by atoms with van der Waals surface area (Å²) in [7, 11) is 1.85. The molecule has 1 N–H and O–H groups in total. The molecule has 1 aliphatic rings. The van der Waals surface area contributed by atoms with E-state index < -0.39 is 6.04 Å². The zero-order valence-electron chi connectivity index (χ0n) is 14.7. The number of carbonyl (C=O) groups excluding carboxylic acids is 2.